The summed E-state index contributed by atoms with van der Waals surface area (Å²) in [5.41, 5.74) is 8.87. The van der Waals surface area contributed by atoms with E-state index in [1.165, 1.54) is 5.57 Å². The highest BCUT2D eigenvalue weighted by molar-refractivity contribution is 5.23. The zero-order valence-corrected chi connectivity index (χ0v) is 9.81. The van der Waals surface area contributed by atoms with Crippen molar-refractivity contribution in [2.45, 2.75) is 41.5 Å². The second-order valence-electron chi connectivity index (χ2n) is 5.25. The number of allylic oxidation sites excluding steroid dienone is 2. The fourth-order valence-corrected chi connectivity index (χ4v) is 2.48. The van der Waals surface area contributed by atoms with E-state index in [0.717, 1.165) is 11.6 Å². The Morgan fingerprint density at radius 2 is 1.62 bits per heavy atom. The van der Waals surface area contributed by atoms with Crippen LogP contribution in [0.4, 0.5) is 0 Å². The van der Waals surface area contributed by atoms with Crippen LogP contribution in [0.5, 0.6) is 0 Å². The molecule has 0 fully saturated rings. The number of rotatable bonds is 0. The molecule has 1 rings (SSSR count). The zero-order valence-electron chi connectivity index (χ0n) is 9.81. The molecule has 0 aromatic heterocycles. The third kappa shape index (κ3) is 1.38. The highest BCUT2D eigenvalue weighted by Gasteiger charge is 2.40. The van der Waals surface area contributed by atoms with Gasteiger partial charge in [-0.2, -0.15) is 0 Å². The van der Waals surface area contributed by atoms with Crippen molar-refractivity contribution in [2.75, 3.05) is 0 Å². The quantitative estimate of drug-likeness (QED) is 0.610. The van der Waals surface area contributed by atoms with Crippen LogP contribution in [0.3, 0.4) is 0 Å². The first kappa shape index (κ1) is 10.6. The molecule has 1 nitrogen and oxygen atoms in total. The normalized spacial score (nSPS) is 39.4. The molecule has 1 aliphatic rings. The predicted molar refractivity (Wildman–Crippen MR) is 58.2 cm³/mol. The molecule has 13 heavy (non-hydrogen) atoms. The SMILES string of the molecule is CC1=C(N)C(C)(C)C(C)C(C)C1C. The van der Waals surface area contributed by atoms with Crippen LogP contribution in [0, 0.1) is 23.2 Å². The number of hydrogen-bond donors (Lipinski definition) is 1. The fourth-order valence-electron chi connectivity index (χ4n) is 2.48. The third-order valence-corrected chi connectivity index (χ3v) is 4.52. The van der Waals surface area contributed by atoms with Gasteiger partial charge >= 0.3 is 0 Å². The largest absolute Gasteiger partial charge is 0.402 e. The van der Waals surface area contributed by atoms with Gasteiger partial charge in [0.25, 0.3) is 0 Å². The lowest BCUT2D eigenvalue weighted by Gasteiger charge is -2.45. The van der Waals surface area contributed by atoms with Crippen molar-refractivity contribution in [3.05, 3.63) is 11.3 Å². The van der Waals surface area contributed by atoms with Gasteiger partial charge in [0.15, 0.2) is 0 Å². The van der Waals surface area contributed by atoms with Crippen LogP contribution in [0.1, 0.15) is 41.5 Å². The first-order chi connectivity index (χ1) is 5.80. The minimum Gasteiger partial charge on any atom is -0.402 e. The average molecular weight is 181 g/mol. The van der Waals surface area contributed by atoms with Gasteiger partial charge in [-0.25, -0.2) is 0 Å². The summed E-state index contributed by atoms with van der Waals surface area (Å²) in [5, 5.41) is 0. The summed E-state index contributed by atoms with van der Waals surface area (Å²) < 4.78 is 0. The highest BCUT2D eigenvalue weighted by atomic mass is 14.7. The smallest absolute Gasteiger partial charge is 0.0133 e. The second kappa shape index (κ2) is 3.04. The van der Waals surface area contributed by atoms with Gasteiger partial charge in [0.2, 0.25) is 0 Å². The van der Waals surface area contributed by atoms with Crippen LogP contribution in [0.2, 0.25) is 0 Å². The van der Waals surface area contributed by atoms with Gasteiger partial charge in [-0.1, -0.05) is 40.2 Å². The van der Waals surface area contributed by atoms with E-state index in [1.807, 2.05) is 0 Å². The Kier molecular flexibility index (Phi) is 2.48. The molecule has 0 aliphatic heterocycles. The summed E-state index contributed by atoms with van der Waals surface area (Å²) in [6.07, 6.45) is 0. The van der Waals surface area contributed by atoms with Crippen molar-refractivity contribution < 1.29 is 0 Å². The molecule has 0 spiro atoms. The average Bonchev–Trinajstić information content (AvgIpc) is 2.09. The van der Waals surface area contributed by atoms with Crippen LogP contribution in [-0.4, -0.2) is 0 Å². The van der Waals surface area contributed by atoms with E-state index in [0.29, 0.717) is 11.8 Å². The Bertz CT molecular complexity index is 238. The third-order valence-electron chi connectivity index (χ3n) is 4.52. The molecular formula is C12H23N. The van der Waals surface area contributed by atoms with Gasteiger partial charge in [0.1, 0.15) is 0 Å². The lowest BCUT2D eigenvalue weighted by molar-refractivity contribution is 0.146. The Labute approximate surface area is 82.4 Å². The van der Waals surface area contributed by atoms with E-state index < -0.39 is 0 Å². The van der Waals surface area contributed by atoms with Crippen LogP contribution in [0.25, 0.3) is 0 Å². The van der Waals surface area contributed by atoms with Crippen LogP contribution in [0.15, 0.2) is 11.3 Å². The first-order valence-corrected chi connectivity index (χ1v) is 5.26. The molecule has 3 atom stereocenters. The van der Waals surface area contributed by atoms with E-state index in [2.05, 4.69) is 41.5 Å². The van der Waals surface area contributed by atoms with Gasteiger partial charge in [-0.15, -0.1) is 0 Å². The van der Waals surface area contributed by atoms with E-state index in [9.17, 15) is 0 Å². The maximum absolute atomic E-state index is 6.18. The van der Waals surface area contributed by atoms with Gasteiger partial charge in [-0.3, -0.25) is 0 Å². The molecule has 0 saturated carbocycles. The van der Waals surface area contributed by atoms with Crippen molar-refractivity contribution in [3.8, 4) is 0 Å². The first-order valence-electron chi connectivity index (χ1n) is 5.26. The summed E-state index contributed by atoms with van der Waals surface area (Å²) in [4.78, 5) is 0. The van der Waals surface area contributed by atoms with Gasteiger partial charge in [0, 0.05) is 11.1 Å². The lowest BCUT2D eigenvalue weighted by atomic mass is 9.61. The molecule has 1 aliphatic carbocycles. The molecule has 3 unspecified atom stereocenters. The summed E-state index contributed by atoms with van der Waals surface area (Å²) in [6.45, 7) is 13.7. The Morgan fingerprint density at radius 3 is 2.08 bits per heavy atom. The zero-order chi connectivity index (χ0) is 10.4. The minimum absolute atomic E-state index is 0.177. The van der Waals surface area contributed by atoms with Gasteiger partial charge in [0.05, 0.1) is 0 Å². The van der Waals surface area contributed by atoms with E-state index in [-0.39, 0.29) is 5.41 Å². The van der Waals surface area contributed by atoms with Crippen LogP contribution >= 0.6 is 0 Å². The van der Waals surface area contributed by atoms with Gasteiger partial charge in [-0.05, 0) is 24.7 Å². The predicted octanol–water partition coefficient (Wildman–Crippen LogP) is 3.17. The summed E-state index contributed by atoms with van der Waals surface area (Å²) >= 11 is 0. The van der Waals surface area contributed by atoms with Crippen LogP contribution < -0.4 is 5.73 Å². The number of nitrogens with two attached hydrogens (primary N) is 1. The minimum atomic E-state index is 0.177. The van der Waals surface area contributed by atoms with Crippen molar-refractivity contribution in [1.82, 2.24) is 0 Å². The molecule has 0 saturated heterocycles. The molecule has 0 aromatic carbocycles. The van der Waals surface area contributed by atoms with Crippen molar-refractivity contribution in [1.29, 1.82) is 0 Å². The topological polar surface area (TPSA) is 26.0 Å². The number of hydrogen-bond acceptors (Lipinski definition) is 1. The highest BCUT2D eigenvalue weighted by Crippen LogP contribution is 2.47. The molecule has 0 aromatic rings. The monoisotopic (exact) mass is 181 g/mol. The molecule has 0 radical (unpaired) electrons. The molecule has 76 valence electrons. The van der Waals surface area contributed by atoms with Crippen molar-refractivity contribution >= 4 is 0 Å². The van der Waals surface area contributed by atoms with Crippen molar-refractivity contribution in [2.24, 2.45) is 28.9 Å². The maximum Gasteiger partial charge on any atom is 0.0133 e. The summed E-state index contributed by atoms with van der Waals surface area (Å²) in [5.74, 6) is 2.05. The summed E-state index contributed by atoms with van der Waals surface area (Å²) in [7, 11) is 0. The maximum atomic E-state index is 6.18. The molecule has 0 heterocycles. The van der Waals surface area contributed by atoms with Crippen molar-refractivity contribution in [3.63, 3.8) is 0 Å². The summed E-state index contributed by atoms with van der Waals surface area (Å²) in [6, 6.07) is 0. The van der Waals surface area contributed by atoms with Gasteiger partial charge < -0.3 is 5.73 Å². The van der Waals surface area contributed by atoms with E-state index in [4.69, 9.17) is 5.73 Å². The van der Waals surface area contributed by atoms with E-state index >= 15 is 0 Å². The van der Waals surface area contributed by atoms with Crippen LogP contribution in [-0.2, 0) is 0 Å². The molecule has 2 N–H and O–H groups in total. The van der Waals surface area contributed by atoms with E-state index in [1.54, 1.807) is 0 Å². The second-order valence-corrected chi connectivity index (χ2v) is 5.25. The Balaban J connectivity index is 3.17. The molecule has 0 bridgehead atoms. The Morgan fingerprint density at radius 1 is 1.15 bits per heavy atom. The Hall–Kier alpha value is -0.460. The molecule has 1 heteroatoms. The standard InChI is InChI=1S/C12H23N/c1-7-8(2)10(4)12(5,6)11(13)9(7)3/h7-8,10H,13H2,1-6H3. The molecular weight excluding hydrogens is 158 g/mol. The molecule has 0 amide bonds. The lowest BCUT2D eigenvalue weighted by Crippen LogP contribution is -2.40. The fraction of sp³-hybridized carbons (Fsp3) is 0.833.